The van der Waals surface area contributed by atoms with Gasteiger partial charge in [-0.3, -0.25) is 0 Å². The molecule has 0 bridgehead atoms. The van der Waals surface area contributed by atoms with Crippen molar-refractivity contribution in [1.82, 2.24) is 0 Å². The first kappa shape index (κ1) is 30.0. The lowest BCUT2D eigenvalue weighted by molar-refractivity contribution is -0.110. The maximum atomic E-state index is 14.2. The molecule has 1 atom stereocenters. The Morgan fingerprint density at radius 3 is 1.20 bits per heavy atom. The van der Waals surface area contributed by atoms with Crippen molar-refractivity contribution in [2.24, 2.45) is 11.8 Å². The van der Waals surface area contributed by atoms with Crippen LogP contribution in [0.15, 0.2) is 0 Å². The molecule has 30 heavy (non-hydrogen) atoms. The Morgan fingerprint density at radius 2 is 0.833 bits per heavy atom. The van der Waals surface area contributed by atoms with E-state index >= 15 is 0 Å². The molecule has 0 heterocycles. The second kappa shape index (κ2) is 20.8. The average Bonchev–Trinajstić information content (AvgIpc) is 2.72. The van der Waals surface area contributed by atoms with E-state index in [-0.39, 0.29) is 0 Å². The molecule has 0 fully saturated rings. The molecule has 0 amide bonds. The van der Waals surface area contributed by atoms with Gasteiger partial charge in [-0.05, 0) is 31.1 Å². The van der Waals surface area contributed by atoms with Crippen molar-refractivity contribution in [3.63, 3.8) is 0 Å². The van der Waals surface area contributed by atoms with Crippen LogP contribution in [0.1, 0.15) is 169 Å². The van der Waals surface area contributed by atoms with E-state index in [1.807, 2.05) is 0 Å². The minimum atomic E-state index is -0.674. The lowest BCUT2D eigenvalue weighted by Gasteiger charge is -2.37. The summed E-state index contributed by atoms with van der Waals surface area (Å²) in [4.78, 5) is 0. The van der Waals surface area contributed by atoms with Gasteiger partial charge in [-0.25, -0.2) is 5.11 Å². The van der Waals surface area contributed by atoms with Gasteiger partial charge in [0.2, 0.25) is 0 Å². The monoisotopic (exact) mass is 423 g/mol. The Bertz CT molecular complexity index is 319. The first-order valence-corrected chi connectivity index (χ1v) is 14.2. The van der Waals surface area contributed by atoms with Crippen molar-refractivity contribution < 1.29 is 5.11 Å². The van der Waals surface area contributed by atoms with Crippen LogP contribution in [0.4, 0.5) is 0 Å². The van der Waals surface area contributed by atoms with E-state index in [4.69, 9.17) is 0 Å². The zero-order valence-corrected chi connectivity index (χ0v) is 21.9. The van der Waals surface area contributed by atoms with Crippen LogP contribution in [0, 0.1) is 11.8 Å². The van der Waals surface area contributed by atoms with E-state index in [1.54, 1.807) is 0 Å². The van der Waals surface area contributed by atoms with Gasteiger partial charge in [-0.2, -0.15) is 0 Å². The zero-order valence-electron chi connectivity index (χ0n) is 21.9. The van der Waals surface area contributed by atoms with Crippen molar-refractivity contribution in [2.45, 2.75) is 175 Å². The molecule has 1 nitrogen and oxygen atoms in total. The van der Waals surface area contributed by atoms with Crippen molar-refractivity contribution >= 4 is 0 Å². The van der Waals surface area contributed by atoms with Crippen LogP contribution in [0.5, 0.6) is 0 Å². The third kappa shape index (κ3) is 15.7. The largest absolute Gasteiger partial charge is 0.229 e. The first-order valence-electron chi connectivity index (χ1n) is 14.2. The van der Waals surface area contributed by atoms with Crippen molar-refractivity contribution in [3.8, 4) is 0 Å². The Morgan fingerprint density at radius 1 is 0.500 bits per heavy atom. The first-order chi connectivity index (χ1) is 14.5. The second-order valence-electron chi connectivity index (χ2n) is 10.5. The fraction of sp³-hybridized carbons (Fsp3) is 1.00. The highest BCUT2D eigenvalue weighted by Crippen LogP contribution is 2.39. The van der Waals surface area contributed by atoms with Crippen LogP contribution < -0.4 is 0 Å². The van der Waals surface area contributed by atoms with Crippen LogP contribution >= 0.6 is 0 Å². The molecule has 0 aliphatic heterocycles. The van der Waals surface area contributed by atoms with E-state index < -0.39 is 5.60 Å². The normalized spacial score (nSPS) is 13.3. The average molecular weight is 424 g/mol. The molecule has 181 valence electrons. The Balaban J connectivity index is 4.64. The number of hydrogen-bond acceptors (Lipinski definition) is 0. The SMILES string of the molecule is CCCCCCCCC(C(C)C)C([O])(CCCCCCCC)CCCCCCCC. The third-order valence-corrected chi connectivity index (χ3v) is 7.26. The lowest BCUT2D eigenvalue weighted by Crippen LogP contribution is -2.39. The summed E-state index contributed by atoms with van der Waals surface area (Å²) in [7, 11) is 0. The van der Waals surface area contributed by atoms with Gasteiger partial charge < -0.3 is 0 Å². The summed E-state index contributed by atoms with van der Waals surface area (Å²) in [5, 5.41) is 14.2. The lowest BCUT2D eigenvalue weighted by atomic mass is 9.71. The summed E-state index contributed by atoms with van der Waals surface area (Å²) in [6.07, 6.45) is 26.5. The number of rotatable bonds is 23. The molecule has 1 unspecified atom stereocenters. The Hall–Kier alpha value is -0.0400. The van der Waals surface area contributed by atoms with Crippen LogP contribution in [-0.2, 0) is 5.11 Å². The molecular weight excluding hydrogens is 364 g/mol. The minimum Gasteiger partial charge on any atom is -0.229 e. The molecule has 0 aromatic heterocycles. The molecular formula is C29H59O. The standard InChI is InChI=1S/C29H59O/c1-6-9-12-15-18-21-24-28(27(4)5)29(30,25-22-19-16-13-10-7-2)26-23-20-17-14-11-8-3/h27-28H,6-26H2,1-5H3. The summed E-state index contributed by atoms with van der Waals surface area (Å²) >= 11 is 0. The van der Waals surface area contributed by atoms with E-state index in [1.165, 1.54) is 109 Å². The summed E-state index contributed by atoms with van der Waals surface area (Å²) < 4.78 is 0. The molecule has 0 N–H and O–H groups in total. The van der Waals surface area contributed by atoms with Gasteiger partial charge >= 0.3 is 0 Å². The maximum absolute atomic E-state index is 14.2. The van der Waals surface area contributed by atoms with Gasteiger partial charge in [0.15, 0.2) is 0 Å². The molecule has 0 aromatic carbocycles. The third-order valence-electron chi connectivity index (χ3n) is 7.26. The van der Waals surface area contributed by atoms with Crippen LogP contribution in [0.3, 0.4) is 0 Å². The molecule has 0 rings (SSSR count). The highest BCUT2D eigenvalue weighted by atomic mass is 16.3. The van der Waals surface area contributed by atoms with Gasteiger partial charge in [0.25, 0.3) is 0 Å². The second-order valence-corrected chi connectivity index (χ2v) is 10.5. The smallest absolute Gasteiger partial charge is 0.107 e. The molecule has 0 saturated carbocycles. The quantitative estimate of drug-likeness (QED) is 0.146. The highest BCUT2D eigenvalue weighted by Gasteiger charge is 2.38. The predicted molar refractivity (Wildman–Crippen MR) is 136 cm³/mol. The summed E-state index contributed by atoms with van der Waals surface area (Å²) in [5.74, 6) is 0.897. The van der Waals surface area contributed by atoms with Gasteiger partial charge in [0.05, 0.1) is 0 Å². The molecule has 0 aromatic rings. The summed E-state index contributed by atoms with van der Waals surface area (Å²) in [6, 6.07) is 0. The van der Waals surface area contributed by atoms with Crippen LogP contribution in [-0.4, -0.2) is 5.60 Å². The molecule has 1 radical (unpaired) electrons. The Kier molecular flexibility index (Phi) is 20.8. The van der Waals surface area contributed by atoms with E-state index in [2.05, 4.69) is 34.6 Å². The van der Waals surface area contributed by atoms with Gasteiger partial charge in [0.1, 0.15) is 5.60 Å². The molecule has 1 heteroatoms. The van der Waals surface area contributed by atoms with Crippen LogP contribution in [0.2, 0.25) is 0 Å². The van der Waals surface area contributed by atoms with Gasteiger partial charge in [-0.15, -0.1) is 0 Å². The van der Waals surface area contributed by atoms with Gasteiger partial charge in [-0.1, -0.05) is 150 Å². The van der Waals surface area contributed by atoms with Crippen molar-refractivity contribution in [2.75, 3.05) is 0 Å². The number of hydrogen-bond donors (Lipinski definition) is 0. The molecule has 0 aliphatic carbocycles. The van der Waals surface area contributed by atoms with Crippen molar-refractivity contribution in [3.05, 3.63) is 0 Å². The summed E-state index contributed by atoms with van der Waals surface area (Å²) in [6.45, 7) is 11.5. The summed E-state index contributed by atoms with van der Waals surface area (Å²) in [5.41, 5.74) is -0.674. The fourth-order valence-electron chi connectivity index (χ4n) is 5.25. The van der Waals surface area contributed by atoms with Crippen molar-refractivity contribution in [1.29, 1.82) is 0 Å². The minimum absolute atomic E-state index is 0.370. The topological polar surface area (TPSA) is 19.9 Å². The van der Waals surface area contributed by atoms with Gasteiger partial charge in [0, 0.05) is 0 Å². The predicted octanol–water partition coefficient (Wildman–Crippen LogP) is 10.7. The Labute approximate surface area is 192 Å². The number of unbranched alkanes of at least 4 members (excludes halogenated alkanes) is 15. The maximum Gasteiger partial charge on any atom is 0.107 e. The molecule has 0 saturated heterocycles. The van der Waals surface area contributed by atoms with E-state index in [0.29, 0.717) is 11.8 Å². The fourth-order valence-corrected chi connectivity index (χ4v) is 5.25. The molecule has 0 aliphatic rings. The highest BCUT2D eigenvalue weighted by molar-refractivity contribution is 4.88. The van der Waals surface area contributed by atoms with Crippen LogP contribution in [0.25, 0.3) is 0 Å². The zero-order chi connectivity index (χ0) is 22.5. The molecule has 0 spiro atoms. The van der Waals surface area contributed by atoms with E-state index in [0.717, 1.165) is 25.7 Å². The van der Waals surface area contributed by atoms with E-state index in [9.17, 15) is 5.11 Å².